The van der Waals surface area contributed by atoms with Gasteiger partial charge in [-0.15, -0.1) is 35.3 Å². The Morgan fingerprint density at radius 1 is 1.24 bits per heavy atom. The maximum absolute atomic E-state index is 13.3. The van der Waals surface area contributed by atoms with E-state index in [-0.39, 0.29) is 24.0 Å². The van der Waals surface area contributed by atoms with Crippen LogP contribution in [0, 0.1) is 17.6 Å². The van der Waals surface area contributed by atoms with E-state index in [0.717, 1.165) is 25.1 Å². The summed E-state index contributed by atoms with van der Waals surface area (Å²) < 4.78 is 26.6. The maximum atomic E-state index is 13.3. The molecule has 1 aromatic heterocycles. The smallest absolute Gasteiger partial charge is 0.190 e. The van der Waals surface area contributed by atoms with Crippen molar-refractivity contribution in [2.45, 2.75) is 25.3 Å². The molecule has 1 saturated heterocycles. The maximum Gasteiger partial charge on any atom is 0.190 e. The van der Waals surface area contributed by atoms with Crippen molar-refractivity contribution in [2.24, 2.45) is 10.9 Å². The summed E-state index contributed by atoms with van der Waals surface area (Å²) in [5.41, 5.74) is 0.632. The molecule has 8 heteroatoms. The lowest BCUT2D eigenvalue weighted by Crippen LogP contribution is -2.45. The van der Waals surface area contributed by atoms with E-state index in [1.165, 1.54) is 29.9 Å². The van der Waals surface area contributed by atoms with E-state index in [1.54, 1.807) is 7.05 Å². The minimum absolute atomic E-state index is 0. The number of rotatable bonds is 6. The summed E-state index contributed by atoms with van der Waals surface area (Å²) in [6, 6.07) is 8.38. The third kappa shape index (κ3) is 6.89. The van der Waals surface area contributed by atoms with E-state index in [9.17, 15) is 8.78 Å². The van der Waals surface area contributed by atoms with E-state index in [0.29, 0.717) is 30.5 Å². The number of thiophene rings is 1. The first-order valence-corrected chi connectivity index (χ1v) is 10.6. The van der Waals surface area contributed by atoms with Crippen LogP contribution in [-0.4, -0.2) is 44.6 Å². The molecule has 2 unspecified atom stereocenters. The van der Waals surface area contributed by atoms with Gasteiger partial charge in [0.15, 0.2) is 5.96 Å². The molecule has 0 amide bonds. The molecule has 2 N–H and O–H groups in total. The monoisotopic (exact) mass is 534 g/mol. The molecule has 3 rings (SSSR count). The average molecular weight is 534 g/mol. The number of nitrogens with zero attached hydrogens (tertiary/aromatic N) is 2. The lowest BCUT2D eigenvalue weighted by Gasteiger charge is -2.39. The quantitative estimate of drug-likeness (QED) is 0.327. The van der Waals surface area contributed by atoms with Crippen molar-refractivity contribution in [2.75, 3.05) is 33.7 Å². The number of hydrogen-bond donors (Lipinski definition) is 2. The van der Waals surface area contributed by atoms with Gasteiger partial charge in [0.05, 0.1) is 0 Å². The molecule has 0 saturated carbocycles. The molecule has 1 fully saturated rings. The summed E-state index contributed by atoms with van der Waals surface area (Å²) >= 11 is 1.81. The van der Waals surface area contributed by atoms with Crippen molar-refractivity contribution >= 4 is 41.3 Å². The Morgan fingerprint density at radius 2 is 2.00 bits per heavy atom. The third-order valence-electron chi connectivity index (χ3n) is 5.23. The number of guanidine groups is 1. The van der Waals surface area contributed by atoms with E-state index in [4.69, 9.17) is 0 Å². The van der Waals surface area contributed by atoms with Gasteiger partial charge < -0.3 is 10.6 Å². The van der Waals surface area contributed by atoms with Gasteiger partial charge in [0.1, 0.15) is 11.6 Å². The average Bonchev–Trinajstić information content (AvgIpc) is 3.18. The summed E-state index contributed by atoms with van der Waals surface area (Å²) in [7, 11) is 3.93. The van der Waals surface area contributed by atoms with Gasteiger partial charge in [0.2, 0.25) is 0 Å². The predicted molar refractivity (Wildman–Crippen MR) is 127 cm³/mol. The zero-order valence-corrected chi connectivity index (χ0v) is 20.0. The van der Waals surface area contributed by atoms with Gasteiger partial charge in [-0.05, 0) is 67.9 Å². The summed E-state index contributed by atoms with van der Waals surface area (Å²) in [4.78, 5) is 8.13. The number of likely N-dealkylation sites (tertiary alicyclic amines) is 1. The van der Waals surface area contributed by atoms with Crippen molar-refractivity contribution in [3.05, 3.63) is 57.8 Å². The Kier molecular flexibility index (Phi) is 9.78. The van der Waals surface area contributed by atoms with Crippen LogP contribution >= 0.6 is 35.3 Å². The molecule has 160 valence electrons. The number of piperidine rings is 1. The Labute approximate surface area is 192 Å². The number of hydrogen-bond acceptors (Lipinski definition) is 3. The van der Waals surface area contributed by atoms with Crippen molar-refractivity contribution in [3.8, 4) is 0 Å². The number of aliphatic imine (C=N–C) groups is 1. The van der Waals surface area contributed by atoms with Crippen molar-refractivity contribution < 1.29 is 8.78 Å². The van der Waals surface area contributed by atoms with Gasteiger partial charge in [-0.2, -0.15) is 0 Å². The van der Waals surface area contributed by atoms with Gasteiger partial charge in [0, 0.05) is 37.1 Å². The first-order chi connectivity index (χ1) is 13.6. The van der Waals surface area contributed by atoms with E-state index < -0.39 is 11.6 Å². The minimum Gasteiger partial charge on any atom is -0.356 e. The molecule has 4 nitrogen and oxygen atoms in total. The van der Waals surface area contributed by atoms with E-state index in [2.05, 4.69) is 45.1 Å². The van der Waals surface area contributed by atoms with Gasteiger partial charge in [-0.1, -0.05) is 6.07 Å². The van der Waals surface area contributed by atoms with Crippen LogP contribution < -0.4 is 10.6 Å². The lowest BCUT2D eigenvalue weighted by atomic mass is 9.88. The van der Waals surface area contributed by atoms with Crippen LogP contribution in [0.1, 0.15) is 29.3 Å². The molecule has 0 radical (unpaired) electrons. The summed E-state index contributed by atoms with van der Waals surface area (Å²) in [5, 5.41) is 8.81. The second-order valence-electron chi connectivity index (χ2n) is 7.25. The van der Waals surface area contributed by atoms with Gasteiger partial charge >= 0.3 is 0 Å². The van der Waals surface area contributed by atoms with Crippen molar-refractivity contribution in [1.29, 1.82) is 0 Å². The minimum atomic E-state index is -0.543. The summed E-state index contributed by atoms with van der Waals surface area (Å²) in [5.74, 6) is 0.139. The molecular formula is C21H29F2IN4S. The molecule has 29 heavy (non-hydrogen) atoms. The highest BCUT2D eigenvalue weighted by atomic mass is 127. The molecule has 0 spiro atoms. The van der Waals surface area contributed by atoms with Gasteiger partial charge in [-0.3, -0.25) is 9.89 Å². The van der Waals surface area contributed by atoms with Crippen LogP contribution in [0.4, 0.5) is 8.78 Å². The largest absolute Gasteiger partial charge is 0.356 e. The Balaban J connectivity index is 0.00000300. The molecule has 2 aromatic rings. The Hall–Kier alpha value is -1.26. The molecule has 2 atom stereocenters. The van der Waals surface area contributed by atoms with Crippen molar-refractivity contribution in [1.82, 2.24) is 15.5 Å². The summed E-state index contributed by atoms with van der Waals surface area (Å²) in [6.07, 6.45) is 2.90. The van der Waals surface area contributed by atoms with E-state index >= 15 is 0 Å². The molecule has 1 aliphatic rings. The van der Waals surface area contributed by atoms with Crippen LogP contribution in [0.5, 0.6) is 0 Å². The highest BCUT2D eigenvalue weighted by Crippen LogP contribution is 2.36. The molecule has 2 heterocycles. The van der Waals surface area contributed by atoms with Crippen LogP contribution in [0.15, 0.2) is 40.7 Å². The SMILES string of the molecule is CN=C(NCCc1cc(F)cc(F)c1)NCC1CCCN(C)C1c1cccs1.I. The molecule has 0 bridgehead atoms. The van der Waals surface area contributed by atoms with Crippen LogP contribution in [-0.2, 0) is 6.42 Å². The van der Waals surface area contributed by atoms with Gasteiger partial charge in [0.25, 0.3) is 0 Å². The molecular weight excluding hydrogens is 505 g/mol. The fraction of sp³-hybridized carbons (Fsp3) is 0.476. The fourth-order valence-electron chi connectivity index (χ4n) is 3.91. The van der Waals surface area contributed by atoms with Crippen LogP contribution in [0.25, 0.3) is 0 Å². The molecule has 0 aliphatic carbocycles. The predicted octanol–water partition coefficient (Wildman–Crippen LogP) is 4.43. The number of benzene rings is 1. The van der Waals surface area contributed by atoms with Crippen LogP contribution in [0.3, 0.4) is 0 Å². The zero-order valence-electron chi connectivity index (χ0n) is 16.8. The zero-order chi connectivity index (χ0) is 19.9. The van der Waals surface area contributed by atoms with Crippen LogP contribution in [0.2, 0.25) is 0 Å². The number of halogens is 3. The van der Waals surface area contributed by atoms with E-state index in [1.807, 2.05) is 11.3 Å². The lowest BCUT2D eigenvalue weighted by molar-refractivity contribution is 0.125. The molecule has 1 aliphatic heterocycles. The number of nitrogens with one attached hydrogen (secondary N) is 2. The molecule has 1 aromatic carbocycles. The Bertz CT molecular complexity index is 765. The highest BCUT2D eigenvalue weighted by Gasteiger charge is 2.31. The van der Waals surface area contributed by atoms with Crippen molar-refractivity contribution in [3.63, 3.8) is 0 Å². The third-order valence-corrected chi connectivity index (χ3v) is 6.17. The second kappa shape index (κ2) is 11.8. The highest BCUT2D eigenvalue weighted by molar-refractivity contribution is 14.0. The first-order valence-electron chi connectivity index (χ1n) is 9.70. The topological polar surface area (TPSA) is 39.7 Å². The standard InChI is InChI=1S/C21H28F2N4S.HI/c1-24-21(25-8-7-15-11-17(22)13-18(23)12-15)26-14-16-5-3-9-27(2)20(16)19-6-4-10-28-19;/h4,6,10-13,16,20H,3,5,7-9,14H2,1-2H3,(H2,24,25,26);1H. The normalized spacial score (nSPS) is 20.2. The fourth-order valence-corrected chi connectivity index (χ4v) is 4.89. The summed E-state index contributed by atoms with van der Waals surface area (Å²) in [6.45, 7) is 2.51. The first kappa shape index (κ1) is 24.0. The second-order valence-corrected chi connectivity index (χ2v) is 8.23. The Morgan fingerprint density at radius 3 is 2.66 bits per heavy atom. The van der Waals surface area contributed by atoms with Gasteiger partial charge in [-0.25, -0.2) is 8.78 Å².